The number of aryl methyl sites for hydroxylation is 1. The van der Waals surface area contributed by atoms with Crippen molar-refractivity contribution in [2.45, 2.75) is 13.0 Å². The Morgan fingerprint density at radius 2 is 2.00 bits per heavy atom. The first-order chi connectivity index (χ1) is 5.84. The quantitative estimate of drug-likeness (QED) is 0.616. The van der Waals surface area contributed by atoms with Gasteiger partial charge >= 0.3 is 0 Å². The molecule has 1 unspecified atom stereocenters. The van der Waals surface area contributed by atoms with Crippen LogP contribution in [0.4, 0.5) is 0 Å². The van der Waals surface area contributed by atoms with Gasteiger partial charge in [-0.25, -0.2) is 0 Å². The summed E-state index contributed by atoms with van der Waals surface area (Å²) in [5, 5.41) is 0. The van der Waals surface area contributed by atoms with E-state index in [1.807, 2.05) is 24.3 Å². The van der Waals surface area contributed by atoms with Gasteiger partial charge in [0.05, 0.1) is 6.61 Å². The minimum absolute atomic E-state index is 0. The second kappa shape index (κ2) is 4.78. The molecule has 0 amide bonds. The van der Waals surface area contributed by atoms with Crippen LogP contribution in [0.15, 0.2) is 24.3 Å². The molecule has 1 aliphatic rings. The zero-order valence-corrected chi connectivity index (χ0v) is 10.3. The largest absolute Gasteiger partial charge is 0.567 e. The third-order valence-electron chi connectivity index (χ3n) is 1.76. The van der Waals surface area contributed by atoms with Gasteiger partial charge in [0.25, 0.3) is 0 Å². The molecule has 0 aromatic heterocycles. The van der Waals surface area contributed by atoms with Gasteiger partial charge in [-0.2, -0.15) is 6.61 Å². The number of ether oxygens (including phenoxy) is 2. The summed E-state index contributed by atoms with van der Waals surface area (Å²) in [6, 6.07) is 8.01. The van der Waals surface area contributed by atoms with Crippen LogP contribution in [0, 0.1) is 13.5 Å². The van der Waals surface area contributed by atoms with Gasteiger partial charge in [-0.1, -0.05) is 17.7 Å². The molecule has 1 aliphatic heterocycles. The predicted molar refractivity (Wildman–Crippen MR) is 45.8 cm³/mol. The Labute approximate surface area is 92.5 Å². The van der Waals surface area contributed by atoms with Crippen molar-refractivity contribution in [3.8, 4) is 5.75 Å². The van der Waals surface area contributed by atoms with Gasteiger partial charge in [-0.05, 0) is 25.2 Å². The molecule has 0 spiro atoms. The van der Waals surface area contributed by atoms with Crippen LogP contribution in [0.2, 0.25) is 0 Å². The van der Waals surface area contributed by atoms with Crippen molar-refractivity contribution >= 4 is 0 Å². The summed E-state index contributed by atoms with van der Waals surface area (Å²) in [7, 11) is 0. The molecule has 0 aliphatic carbocycles. The van der Waals surface area contributed by atoms with E-state index in [4.69, 9.17) is 9.47 Å². The first-order valence-corrected chi connectivity index (χ1v) is 4.03. The monoisotopic (exact) mass is 347 g/mol. The van der Waals surface area contributed by atoms with Gasteiger partial charge in [-0.3, -0.25) is 0 Å². The summed E-state index contributed by atoms with van der Waals surface area (Å²) in [5.41, 5.74) is 1.25. The van der Waals surface area contributed by atoms with E-state index in [1.54, 1.807) is 6.61 Å². The van der Waals surface area contributed by atoms with E-state index in [2.05, 4.69) is 6.92 Å². The molecule has 1 atom stereocenters. The molecule has 2 rings (SSSR count). The molecule has 1 aromatic rings. The van der Waals surface area contributed by atoms with Crippen molar-refractivity contribution in [1.82, 2.24) is 0 Å². The van der Waals surface area contributed by atoms with E-state index in [0.717, 1.165) is 5.75 Å². The summed E-state index contributed by atoms with van der Waals surface area (Å²) in [4.78, 5) is 0. The SMILES string of the molecule is Cc1ccc(OCC2[CH-]O2)cc1.[W]. The number of hydrogen-bond donors (Lipinski definition) is 0. The second-order valence-corrected chi connectivity index (χ2v) is 2.93. The van der Waals surface area contributed by atoms with E-state index in [-0.39, 0.29) is 27.2 Å². The molecule has 1 fully saturated rings. The van der Waals surface area contributed by atoms with Gasteiger partial charge in [0.1, 0.15) is 5.75 Å². The van der Waals surface area contributed by atoms with Crippen molar-refractivity contribution in [1.29, 1.82) is 0 Å². The Hall–Kier alpha value is -0.332. The Kier molecular flexibility index (Phi) is 3.95. The van der Waals surface area contributed by atoms with Crippen molar-refractivity contribution in [3.05, 3.63) is 36.4 Å². The van der Waals surface area contributed by atoms with Crippen LogP contribution < -0.4 is 4.74 Å². The van der Waals surface area contributed by atoms with Crippen molar-refractivity contribution in [3.63, 3.8) is 0 Å². The zero-order chi connectivity index (χ0) is 8.39. The summed E-state index contributed by atoms with van der Waals surface area (Å²) in [6.07, 6.45) is 0.214. The molecule has 0 radical (unpaired) electrons. The normalized spacial score (nSPS) is 19.0. The first kappa shape index (κ1) is 10.7. The van der Waals surface area contributed by atoms with Crippen LogP contribution in [0.1, 0.15) is 5.56 Å². The molecule has 13 heavy (non-hydrogen) atoms. The van der Waals surface area contributed by atoms with E-state index >= 15 is 0 Å². The fourth-order valence-corrected chi connectivity index (χ4v) is 0.947. The van der Waals surface area contributed by atoms with Gasteiger partial charge in [0.2, 0.25) is 0 Å². The van der Waals surface area contributed by atoms with E-state index in [1.165, 1.54) is 5.56 Å². The second-order valence-electron chi connectivity index (χ2n) is 2.93. The summed E-state index contributed by atoms with van der Waals surface area (Å²) >= 11 is 0. The van der Waals surface area contributed by atoms with E-state index < -0.39 is 0 Å². The Balaban J connectivity index is 0.000000845. The Morgan fingerprint density at radius 3 is 2.54 bits per heavy atom. The average molecular weight is 347 g/mol. The standard InChI is InChI=1S/C10H11O2.W/c1-8-2-4-9(5-3-8)11-6-10-7-12-10;/h2-5,7,10H,6H2,1H3;/q-1;. The number of hydrogen-bond acceptors (Lipinski definition) is 2. The number of rotatable bonds is 3. The first-order valence-electron chi connectivity index (χ1n) is 4.03. The topological polar surface area (TPSA) is 21.8 Å². The number of benzene rings is 1. The molecular weight excluding hydrogens is 336 g/mol. The third-order valence-corrected chi connectivity index (χ3v) is 1.76. The Morgan fingerprint density at radius 1 is 1.38 bits per heavy atom. The van der Waals surface area contributed by atoms with Crippen LogP contribution in [-0.4, -0.2) is 12.7 Å². The summed E-state index contributed by atoms with van der Waals surface area (Å²) in [6.45, 7) is 4.46. The van der Waals surface area contributed by atoms with Crippen LogP contribution in [-0.2, 0) is 25.8 Å². The van der Waals surface area contributed by atoms with Crippen LogP contribution in [0.5, 0.6) is 5.75 Å². The summed E-state index contributed by atoms with van der Waals surface area (Å²) < 4.78 is 10.3. The summed E-state index contributed by atoms with van der Waals surface area (Å²) in [5.74, 6) is 0.907. The van der Waals surface area contributed by atoms with Crippen molar-refractivity contribution < 1.29 is 30.5 Å². The molecule has 70 valence electrons. The van der Waals surface area contributed by atoms with E-state index in [9.17, 15) is 0 Å². The van der Waals surface area contributed by atoms with Gasteiger partial charge in [0, 0.05) is 21.1 Å². The van der Waals surface area contributed by atoms with Crippen molar-refractivity contribution in [2.75, 3.05) is 6.61 Å². The van der Waals surface area contributed by atoms with Crippen LogP contribution in [0.3, 0.4) is 0 Å². The van der Waals surface area contributed by atoms with Crippen LogP contribution in [0.25, 0.3) is 0 Å². The minimum Gasteiger partial charge on any atom is -0.567 e. The maximum absolute atomic E-state index is 5.43. The van der Waals surface area contributed by atoms with E-state index in [0.29, 0.717) is 6.61 Å². The fourth-order valence-electron chi connectivity index (χ4n) is 0.947. The zero-order valence-electron chi connectivity index (χ0n) is 7.40. The molecule has 2 nitrogen and oxygen atoms in total. The van der Waals surface area contributed by atoms with Gasteiger partial charge in [0.15, 0.2) is 0 Å². The smallest absolute Gasteiger partial charge is 0.119 e. The molecule has 3 heteroatoms. The maximum atomic E-state index is 5.43. The molecular formula is C10H11O2W-. The minimum atomic E-state index is 0. The Bertz CT molecular complexity index is 254. The number of epoxide rings is 1. The fraction of sp³-hybridized carbons (Fsp3) is 0.300. The third kappa shape index (κ3) is 3.49. The van der Waals surface area contributed by atoms with Gasteiger partial charge in [-0.15, -0.1) is 0 Å². The van der Waals surface area contributed by atoms with Crippen molar-refractivity contribution in [2.24, 2.45) is 0 Å². The molecule has 1 saturated heterocycles. The molecule has 0 bridgehead atoms. The molecule has 1 heterocycles. The average Bonchev–Trinajstić information content (AvgIpc) is 2.87. The maximum Gasteiger partial charge on any atom is 0.119 e. The van der Waals surface area contributed by atoms with Gasteiger partial charge < -0.3 is 9.47 Å². The predicted octanol–water partition coefficient (Wildman–Crippen LogP) is 1.93. The molecule has 1 aromatic carbocycles. The molecule has 0 N–H and O–H groups in total. The van der Waals surface area contributed by atoms with Crippen LogP contribution >= 0.6 is 0 Å². The molecule has 0 saturated carbocycles.